The van der Waals surface area contributed by atoms with E-state index in [0.29, 0.717) is 48.1 Å². The van der Waals surface area contributed by atoms with Crippen LogP contribution in [0.4, 0.5) is 26.7 Å². The Labute approximate surface area is 291 Å². The van der Waals surface area contributed by atoms with Crippen LogP contribution in [0.3, 0.4) is 0 Å². The van der Waals surface area contributed by atoms with Crippen molar-refractivity contribution in [2.45, 2.75) is 127 Å². The van der Waals surface area contributed by atoms with Crippen molar-refractivity contribution < 1.29 is 40.8 Å². The number of carbonyl (C=O) groups is 1. The Hall–Kier alpha value is -1.79. The maximum Gasteiger partial charge on any atom is 0.453 e. The van der Waals surface area contributed by atoms with Gasteiger partial charge in [0.15, 0.2) is 0 Å². The molecular formula is C37H57F5N2O4S. The lowest BCUT2D eigenvalue weighted by atomic mass is 9.52. The summed E-state index contributed by atoms with van der Waals surface area (Å²) in [5, 5.41) is 13.8. The molecule has 2 N–H and O–H groups in total. The molecule has 4 rings (SSSR count). The lowest BCUT2D eigenvalue weighted by Crippen LogP contribution is -2.47. The summed E-state index contributed by atoms with van der Waals surface area (Å²) >= 11 is 0. The van der Waals surface area contributed by atoms with Gasteiger partial charge in [0.05, 0.1) is 6.10 Å². The molecule has 0 aliphatic heterocycles. The minimum atomic E-state index is -5.55. The molecule has 1 unspecified atom stereocenters. The van der Waals surface area contributed by atoms with Crippen LogP contribution in [0.2, 0.25) is 0 Å². The third kappa shape index (κ3) is 10.6. The molecule has 0 bridgehead atoms. The van der Waals surface area contributed by atoms with Gasteiger partial charge in [0.1, 0.15) is 5.75 Å². The highest BCUT2D eigenvalue weighted by Crippen LogP contribution is 2.62. The molecule has 280 valence electrons. The topological polar surface area (TPSA) is 78.9 Å². The minimum Gasteiger partial charge on any atom is -0.410 e. The van der Waals surface area contributed by atoms with Crippen LogP contribution >= 0.6 is 0 Å². The second-order valence-corrected chi connectivity index (χ2v) is 17.0. The highest BCUT2D eigenvalue weighted by molar-refractivity contribution is 7.84. The molecule has 3 aliphatic carbocycles. The molecule has 0 aromatic heterocycles. The van der Waals surface area contributed by atoms with Crippen LogP contribution in [0.15, 0.2) is 18.2 Å². The van der Waals surface area contributed by atoms with E-state index in [9.17, 15) is 36.1 Å². The number of ether oxygens (including phenoxy) is 1. The minimum absolute atomic E-state index is 0.0254. The lowest BCUT2D eigenvalue weighted by molar-refractivity contribution is -0.284. The van der Waals surface area contributed by atoms with E-state index in [-0.39, 0.29) is 17.3 Å². The van der Waals surface area contributed by atoms with Gasteiger partial charge in [0.2, 0.25) is 0 Å². The Kier molecular flexibility index (Phi) is 14.4. The third-order valence-corrected chi connectivity index (χ3v) is 13.1. The summed E-state index contributed by atoms with van der Waals surface area (Å²) in [6, 6.07) is 6.16. The molecule has 1 amide bonds. The zero-order valence-corrected chi connectivity index (χ0v) is 30.3. The normalized spacial score (nSPS) is 27.3. The van der Waals surface area contributed by atoms with Crippen LogP contribution in [-0.4, -0.2) is 77.2 Å². The van der Waals surface area contributed by atoms with Gasteiger partial charge < -0.3 is 20.1 Å². The number of fused-ring (bicyclic) bond motifs is 5. The monoisotopic (exact) mass is 720 g/mol. The first-order valence-corrected chi connectivity index (χ1v) is 19.8. The predicted octanol–water partition coefficient (Wildman–Crippen LogP) is 8.63. The maximum atomic E-state index is 13.0. The van der Waals surface area contributed by atoms with Gasteiger partial charge in [-0.25, -0.2) is 4.79 Å². The second kappa shape index (κ2) is 17.6. The largest absolute Gasteiger partial charge is 0.453 e. The average molecular weight is 721 g/mol. The lowest BCUT2D eigenvalue weighted by Gasteiger charge is -2.53. The van der Waals surface area contributed by atoms with Crippen LogP contribution in [0.5, 0.6) is 5.75 Å². The van der Waals surface area contributed by atoms with Crippen LogP contribution < -0.4 is 10.1 Å². The smallest absolute Gasteiger partial charge is 0.410 e. The van der Waals surface area contributed by atoms with E-state index in [4.69, 9.17) is 4.74 Å². The number of likely N-dealkylation sites (N-methyl/N-ethyl adjacent to an activating group) is 1. The SMILES string of the molecule is CN(C)CCNC(=O)Oc1ccc2c(c1)C[C@@H](CCCCCCCCCS(=O)CCCC(F)(F)C(F)(F)F)[C@@H]1[C@@H]2CC[C@]2(C)[C@@H](O)CC[C@@H]12. The first kappa shape index (κ1) is 40.0. The molecule has 1 aromatic rings. The molecule has 0 spiro atoms. The standard InChI is InChI=1S/C37H57F5N2O4S/c1-35-19-17-30-29-14-13-28(48-34(46)43-20-21-44(2)3)25-27(29)24-26(33(30)31(35)15-16-32(35)45)12-9-7-5-4-6-8-10-22-49(47)23-11-18-36(38,39)37(40,41)42/h13-14,25-26,30-33,45H,4-12,15-24H2,1-3H3,(H,43,46)/t26-,30-,31+,32+,33-,35+,49?/m1/s1. The van der Waals surface area contributed by atoms with Crippen molar-refractivity contribution in [1.29, 1.82) is 0 Å². The fourth-order valence-electron chi connectivity index (χ4n) is 8.86. The first-order valence-electron chi connectivity index (χ1n) is 18.3. The molecule has 1 aromatic carbocycles. The highest BCUT2D eigenvalue weighted by Gasteiger charge is 2.57. The van der Waals surface area contributed by atoms with Gasteiger partial charge in [-0.05, 0) is 118 Å². The number of benzene rings is 1. The van der Waals surface area contributed by atoms with Crippen molar-refractivity contribution in [3.8, 4) is 5.75 Å². The van der Waals surface area contributed by atoms with Crippen molar-refractivity contribution in [2.24, 2.45) is 23.2 Å². The van der Waals surface area contributed by atoms with E-state index in [1.807, 2.05) is 25.1 Å². The number of aliphatic hydroxyl groups is 1. The van der Waals surface area contributed by atoms with Gasteiger partial charge in [0, 0.05) is 41.8 Å². The number of alkyl halides is 5. The van der Waals surface area contributed by atoms with E-state index >= 15 is 0 Å². The van der Waals surface area contributed by atoms with Crippen molar-refractivity contribution in [3.05, 3.63) is 29.3 Å². The first-order chi connectivity index (χ1) is 23.1. The number of rotatable bonds is 18. The summed E-state index contributed by atoms with van der Waals surface area (Å²) in [5.74, 6) is -1.95. The van der Waals surface area contributed by atoms with Gasteiger partial charge in [-0.3, -0.25) is 4.21 Å². The molecule has 12 heteroatoms. The van der Waals surface area contributed by atoms with Gasteiger partial charge in [-0.2, -0.15) is 22.0 Å². The van der Waals surface area contributed by atoms with Gasteiger partial charge in [-0.15, -0.1) is 0 Å². The molecule has 3 aliphatic rings. The molecule has 2 fully saturated rings. The van der Waals surface area contributed by atoms with Crippen LogP contribution in [0, 0.1) is 23.2 Å². The molecule has 2 saturated carbocycles. The van der Waals surface area contributed by atoms with Crippen LogP contribution in [0.25, 0.3) is 0 Å². The van der Waals surface area contributed by atoms with Crippen molar-refractivity contribution in [2.75, 3.05) is 38.7 Å². The summed E-state index contributed by atoms with van der Waals surface area (Å²) in [6.07, 6.45) is 5.05. The third-order valence-electron chi connectivity index (χ3n) is 11.6. The number of amides is 1. The van der Waals surface area contributed by atoms with Crippen LogP contribution in [0.1, 0.15) is 114 Å². The summed E-state index contributed by atoms with van der Waals surface area (Å²) in [4.78, 5) is 14.4. The van der Waals surface area contributed by atoms with Gasteiger partial charge >= 0.3 is 18.2 Å². The Balaban J connectivity index is 1.23. The zero-order valence-electron chi connectivity index (χ0n) is 29.5. The Morgan fingerprint density at radius 3 is 2.37 bits per heavy atom. The molecular weight excluding hydrogens is 663 g/mol. The molecule has 7 atom stereocenters. The van der Waals surface area contributed by atoms with Crippen LogP contribution in [-0.2, 0) is 17.2 Å². The Bertz CT molecular complexity index is 1250. The summed E-state index contributed by atoms with van der Waals surface area (Å²) in [7, 11) is 2.53. The molecule has 0 radical (unpaired) electrons. The number of nitrogens with zero attached hydrogens (tertiary/aromatic N) is 1. The number of carbonyl (C=O) groups excluding carboxylic acids is 1. The number of halogens is 5. The number of unbranched alkanes of at least 4 members (excludes halogenated alkanes) is 6. The fourth-order valence-corrected chi connectivity index (χ4v) is 10.1. The maximum absolute atomic E-state index is 13.0. The Morgan fingerprint density at radius 1 is 1.00 bits per heavy atom. The number of aliphatic hydroxyl groups excluding tert-OH is 1. The number of hydrogen-bond donors (Lipinski definition) is 2. The Morgan fingerprint density at radius 2 is 1.67 bits per heavy atom. The quantitative estimate of drug-likeness (QED) is 0.117. The van der Waals surface area contributed by atoms with Gasteiger partial charge in [0.25, 0.3) is 0 Å². The van der Waals surface area contributed by atoms with E-state index in [0.717, 1.165) is 83.6 Å². The van der Waals surface area contributed by atoms with E-state index in [1.54, 1.807) is 0 Å². The fraction of sp³-hybridized carbons (Fsp3) is 0.811. The van der Waals surface area contributed by atoms with Gasteiger partial charge in [-0.1, -0.05) is 51.5 Å². The van der Waals surface area contributed by atoms with E-state index in [1.165, 1.54) is 11.1 Å². The van der Waals surface area contributed by atoms with Crippen molar-refractivity contribution >= 4 is 16.9 Å². The van der Waals surface area contributed by atoms with E-state index in [2.05, 4.69) is 24.4 Å². The molecule has 0 heterocycles. The zero-order chi connectivity index (χ0) is 35.8. The predicted molar refractivity (Wildman–Crippen MR) is 184 cm³/mol. The average Bonchev–Trinajstić information content (AvgIpc) is 3.32. The summed E-state index contributed by atoms with van der Waals surface area (Å²) in [5.41, 5.74) is 2.63. The molecule has 49 heavy (non-hydrogen) atoms. The van der Waals surface area contributed by atoms with Crippen molar-refractivity contribution in [1.82, 2.24) is 10.2 Å². The number of hydrogen-bond acceptors (Lipinski definition) is 5. The molecule has 0 saturated heterocycles. The second-order valence-electron chi connectivity index (χ2n) is 15.3. The highest BCUT2D eigenvalue weighted by atomic mass is 32.2. The van der Waals surface area contributed by atoms with E-state index < -0.39 is 41.8 Å². The van der Waals surface area contributed by atoms with Crippen molar-refractivity contribution in [3.63, 3.8) is 0 Å². The molecule has 6 nitrogen and oxygen atoms in total. The number of nitrogens with one attached hydrogen (secondary N) is 1. The summed E-state index contributed by atoms with van der Waals surface area (Å²) in [6.45, 7) is 3.54. The summed E-state index contributed by atoms with van der Waals surface area (Å²) < 4.78 is 80.6.